The van der Waals surface area contributed by atoms with E-state index in [-0.39, 0.29) is 6.54 Å². The molecule has 0 amide bonds. The highest BCUT2D eigenvalue weighted by Gasteiger charge is 2.30. The quantitative estimate of drug-likeness (QED) is 0.905. The van der Waals surface area contributed by atoms with Crippen molar-refractivity contribution in [1.82, 2.24) is 5.32 Å². The van der Waals surface area contributed by atoms with Crippen molar-refractivity contribution in [3.8, 4) is 11.5 Å². The van der Waals surface area contributed by atoms with Gasteiger partial charge in [0.05, 0.1) is 5.02 Å². The van der Waals surface area contributed by atoms with E-state index in [4.69, 9.17) is 21.1 Å². The molecule has 1 atom stereocenters. The topological polar surface area (TPSA) is 30.5 Å². The lowest BCUT2D eigenvalue weighted by Crippen LogP contribution is -2.30. The highest BCUT2D eigenvalue weighted by atomic mass is 35.5. The van der Waals surface area contributed by atoms with Gasteiger partial charge >= 0.3 is 0 Å². The average Bonchev–Trinajstić information content (AvgIpc) is 2.27. The van der Waals surface area contributed by atoms with Crippen molar-refractivity contribution >= 4 is 11.6 Å². The van der Waals surface area contributed by atoms with Crippen LogP contribution in [0.5, 0.6) is 11.5 Å². The Morgan fingerprint density at radius 3 is 2.53 bits per heavy atom. The van der Waals surface area contributed by atoms with E-state index in [1.165, 1.54) is 6.92 Å². The zero-order chi connectivity index (χ0) is 12.5. The average molecular weight is 260 g/mol. The van der Waals surface area contributed by atoms with Gasteiger partial charge in [0.15, 0.2) is 11.5 Å². The molecule has 1 aromatic carbocycles. The zero-order valence-electron chi connectivity index (χ0n) is 9.85. The van der Waals surface area contributed by atoms with Gasteiger partial charge in [0, 0.05) is 18.2 Å². The molecule has 0 saturated heterocycles. The largest absolute Gasteiger partial charge is 0.486 e. The minimum atomic E-state index is -1.54. The Morgan fingerprint density at radius 1 is 1.35 bits per heavy atom. The van der Waals surface area contributed by atoms with Gasteiger partial charge in [-0.3, -0.25) is 0 Å². The van der Waals surface area contributed by atoms with E-state index in [1.54, 1.807) is 19.2 Å². The lowest BCUT2D eigenvalue weighted by molar-refractivity contribution is 0.166. The number of ether oxygens (including phenoxy) is 2. The fourth-order valence-corrected chi connectivity index (χ4v) is 2.24. The molecule has 0 fully saturated rings. The van der Waals surface area contributed by atoms with Crippen molar-refractivity contribution in [2.45, 2.75) is 12.6 Å². The summed E-state index contributed by atoms with van der Waals surface area (Å²) in [7, 11) is 1.70. The van der Waals surface area contributed by atoms with E-state index < -0.39 is 5.67 Å². The molecule has 0 bridgehead atoms. The molecule has 1 unspecified atom stereocenters. The van der Waals surface area contributed by atoms with Crippen molar-refractivity contribution in [1.29, 1.82) is 0 Å². The summed E-state index contributed by atoms with van der Waals surface area (Å²) < 4.78 is 25.2. The van der Waals surface area contributed by atoms with Gasteiger partial charge in [-0.2, -0.15) is 0 Å². The number of benzene rings is 1. The molecular formula is C12H15ClFNO2. The fraction of sp³-hybridized carbons (Fsp3) is 0.500. The van der Waals surface area contributed by atoms with E-state index in [9.17, 15) is 4.39 Å². The molecule has 1 aliphatic heterocycles. The molecule has 5 heteroatoms. The molecule has 2 rings (SSSR count). The number of nitrogens with one attached hydrogen (secondary N) is 1. The maximum atomic E-state index is 14.4. The third kappa shape index (κ3) is 2.48. The van der Waals surface area contributed by atoms with Gasteiger partial charge < -0.3 is 14.8 Å². The van der Waals surface area contributed by atoms with Crippen LogP contribution in [0.4, 0.5) is 4.39 Å². The van der Waals surface area contributed by atoms with Crippen molar-refractivity contribution in [3.63, 3.8) is 0 Å². The molecule has 17 heavy (non-hydrogen) atoms. The minimum absolute atomic E-state index is 0.187. The van der Waals surface area contributed by atoms with Crippen LogP contribution in [0.1, 0.15) is 12.5 Å². The van der Waals surface area contributed by atoms with Crippen LogP contribution in [0.2, 0.25) is 5.02 Å². The third-order valence-corrected chi connectivity index (χ3v) is 3.01. The standard InChI is InChI=1S/C12H15ClFNO2/c1-12(14,7-15-2)8-5-10-11(6-9(8)13)17-4-3-16-10/h5-6,15H,3-4,7H2,1-2H3. The van der Waals surface area contributed by atoms with Gasteiger partial charge in [0.2, 0.25) is 0 Å². The molecule has 0 aliphatic carbocycles. The smallest absolute Gasteiger partial charge is 0.162 e. The Morgan fingerprint density at radius 2 is 1.94 bits per heavy atom. The second-order valence-corrected chi connectivity index (χ2v) is 4.61. The molecule has 1 aliphatic rings. The second-order valence-electron chi connectivity index (χ2n) is 4.20. The van der Waals surface area contributed by atoms with Crippen LogP contribution in [-0.2, 0) is 5.67 Å². The number of rotatable bonds is 3. The van der Waals surface area contributed by atoms with E-state index in [0.29, 0.717) is 35.3 Å². The molecule has 1 heterocycles. The number of alkyl halides is 1. The summed E-state index contributed by atoms with van der Waals surface area (Å²) in [4.78, 5) is 0. The van der Waals surface area contributed by atoms with Crippen LogP contribution in [-0.4, -0.2) is 26.8 Å². The molecule has 0 aromatic heterocycles. The lowest BCUT2D eigenvalue weighted by Gasteiger charge is -2.25. The van der Waals surface area contributed by atoms with Crippen LogP contribution in [0.15, 0.2) is 12.1 Å². The second kappa shape index (κ2) is 4.70. The van der Waals surface area contributed by atoms with Gasteiger partial charge in [-0.05, 0) is 20.0 Å². The van der Waals surface area contributed by atoms with Gasteiger partial charge in [0.25, 0.3) is 0 Å². The molecular weight excluding hydrogens is 245 g/mol. The first-order valence-corrected chi connectivity index (χ1v) is 5.85. The maximum Gasteiger partial charge on any atom is 0.162 e. The van der Waals surface area contributed by atoms with Gasteiger partial charge in [-0.15, -0.1) is 0 Å². The summed E-state index contributed by atoms with van der Waals surface area (Å²) in [5.41, 5.74) is -1.13. The SMILES string of the molecule is CNCC(C)(F)c1cc2c(cc1Cl)OCCO2. The number of likely N-dealkylation sites (N-methyl/N-ethyl adjacent to an activating group) is 1. The monoisotopic (exact) mass is 259 g/mol. The van der Waals surface area contributed by atoms with E-state index in [1.807, 2.05) is 0 Å². The third-order valence-electron chi connectivity index (χ3n) is 2.70. The van der Waals surface area contributed by atoms with Crippen LogP contribution in [0.3, 0.4) is 0 Å². The fourth-order valence-electron chi connectivity index (χ4n) is 1.89. The summed E-state index contributed by atoms with van der Waals surface area (Å²) in [5.74, 6) is 1.13. The first-order chi connectivity index (χ1) is 8.04. The summed E-state index contributed by atoms with van der Waals surface area (Å²) in [6, 6.07) is 3.23. The summed E-state index contributed by atoms with van der Waals surface area (Å²) in [6.07, 6.45) is 0. The number of fused-ring (bicyclic) bond motifs is 1. The Bertz CT molecular complexity index is 423. The Labute approximate surface area is 105 Å². The number of hydrogen-bond acceptors (Lipinski definition) is 3. The van der Waals surface area contributed by atoms with Gasteiger partial charge in [0.1, 0.15) is 18.9 Å². The van der Waals surface area contributed by atoms with Gasteiger partial charge in [-0.25, -0.2) is 4.39 Å². The first kappa shape index (κ1) is 12.5. The Kier molecular flexibility index (Phi) is 3.45. The predicted octanol–water partition coefficient (Wildman–Crippen LogP) is 2.52. The Balaban J connectivity index is 2.41. The first-order valence-electron chi connectivity index (χ1n) is 5.48. The molecule has 1 N–H and O–H groups in total. The Hall–Kier alpha value is -1.00. The molecule has 1 aromatic rings. The number of hydrogen-bond donors (Lipinski definition) is 1. The molecule has 3 nitrogen and oxygen atoms in total. The minimum Gasteiger partial charge on any atom is -0.486 e. The molecule has 0 radical (unpaired) electrons. The highest BCUT2D eigenvalue weighted by Crippen LogP contribution is 2.40. The predicted molar refractivity (Wildman–Crippen MR) is 64.8 cm³/mol. The lowest BCUT2D eigenvalue weighted by atomic mass is 9.97. The molecule has 0 saturated carbocycles. The van der Waals surface area contributed by atoms with Crippen LogP contribution < -0.4 is 14.8 Å². The van der Waals surface area contributed by atoms with E-state index in [2.05, 4.69) is 5.32 Å². The zero-order valence-corrected chi connectivity index (χ0v) is 10.6. The van der Waals surface area contributed by atoms with E-state index >= 15 is 0 Å². The maximum absolute atomic E-state index is 14.4. The summed E-state index contributed by atoms with van der Waals surface area (Å²) in [5, 5.41) is 3.16. The van der Waals surface area contributed by atoms with Crippen LogP contribution in [0.25, 0.3) is 0 Å². The molecule has 0 spiro atoms. The summed E-state index contributed by atoms with van der Waals surface area (Å²) in [6.45, 7) is 2.64. The highest BCUT2D eigenvalue weighted by molar-refractivity contribution is 6.31. The van der Waals surface area contributed by atoms with Crippen LogP contribution in [0, 0.1) is 0 Å². The van der Waals surface area contributed by atoms with E-state index in [0.717, 1.165) is 0 Å². The van der Waals surface area contributed by atoms with Crippen molar-refractivity contribution in [2.75, 3.05) is 26.8 Å². The van der Waals surface area contributed by atoms with Crippen molar-refractivity contribution in [2.24, 2.45) is 0 Å². The van der Waals surface area contributed by atoms with Crippen LogP contribution >= 0.6 is 11.6 Å². The molecule has 94 valence electrons. The van der Waals surface area contributed by atoms with Crippen molar-refractivity contribution in [3.05, 3.63) is 22.7 Å². The normalized spacial score (nSPS) is 17.6. The van der Waals surface area contributed by atoms with Crippen molar-refractivity contribution < 1.29 is 13.9 Å². The van der Waals surface area contributed by atoms with Gasteiger partial charge in [-0.1, -0.05) is 11.6 Å². The number of halogens is 2. The summed E-state index contributed by atoms with van der Waals surface area (Å²) >= 11 is 6.08.